The first-order valence-corrected chi connectivity index (χ1v) is 10.9. The third-order valence-corrected chi connectivity index (χ3v) is 5.94. The van der Waals surface area contributed by atoms with Crippen molar-refractivity contribution in [2.75, 3.05) is 26.6 Å². The molecular weight excluding hydrogens is 434 g/mol. The molecule has 0 bridgehead atoms. The third-order valence-electron chi connectivity index (χ3n) is 5.94. The molecule has 0 saturated carbocycles. The quantitative estimate of drug-likeness (QED) is 0.542. The Morgan fingerprint density at radius 3 is 2.38 bits per heavy atom. The third kappa shape index (κ3) is 4.39. The van der Waals surface area contributed by atoms with Crippen molar-refractivity contribution in [1.29, 1.82) is 0 Å². The molecule has 1 N–H and O–H groups in total. The van der Waals surface area contributed by atoms with Crippen LogP contribution in [0.3, 0.4) is 0 Å². The lowest BCUT2D eigenvalue weighted by Gasteiger charge is -2.29. The van der Waals surface area contributed by atoms with E-state index in [1.807, 2.05) is 37.3 Å². The van der Waals surface area contributed by atoms with E-state index in [9.17, 15) is 9.59 Å². The molecule has 0 aliphatic carbocycles. The zero-order valence-electron chi connectivity index (χ0n) is 19.6. The number of hydrogen-bond acceptors (Lipinski definition) is 6. The smallest absolute Gasteiger partial charge is 0.255 e. The van der Waals surface area contributed by atoms with Crippen LogP contribution in [0, 0.1) is 6.92 Å². The molecule has 2 heterocycles. The minimum Gasteiger partial charge on any atom is -0.493 e. The Morgan fingerprint density at radius 2 is 1.76 bits per heavy atom. The molecule has 4 rings (SSSR count). The average molecular weight is 462 g/mol. The van der Waals surface area contributed by atoms with Crippen molar-refractivity contribution in [2.45, 2.75) is 25.9 Å². The molecule has 34 heavy (non-hydrogen) atoms. The summed E-state index contributed by atoms with van der Waals surface area (Å²) in [5.74, 6) is 1.45. The fraction of sp³-hybridized carbons (Fsp3) is 0.269. The first-order valence-electron chi connectivity index (χ1n) is 10.9. The standard InChI is InChI=1S/C26H27N3O5/c1-16-8-7-11-27-25(16)28-23(30)14-20(29-15-17-9-5-6-10-19(17)26(29)31)18-12-21(32-2)24(34-4)22(13-18)33-3/h5-13,20H,14-15H2,1-4H3,(H,27,28,30). The molecule has 176 valence electrons. The summed E-state index contributed by atoms with van der Waals surface area (Å²) in [4.78, 5) is 32.4. The number of aromatic nitrogens is 1. The fourth-order valence-corrected chi connectivity index (χ4v) is 4.21. The maximum Gasteiger partial charge on any atom is 0.255 e. The number of nitrogens with zero attached hydrogens (tertiary/aromatic N) is 2. The Morgan fingerprint density at radius 1 is 1.06 bits per heavy atom. The summed E-state index contributed by atoms with van der Waals surface area (Å²) in [5.41, 5.74) is 3.11. The monoisotopic (exact) mass is 461 g/mol. The van der Waals surface area contributed by atoms with Crippen molar-refractivity contribution in [2.24, 2.45) is 0 Å². The largest absolute Gasteiger partial charge is 0.493 e. The lowest BCUT2D eigenvalue weighted by Crippen LogP contribution is -2.32. The minimum absolute atomic E-state index is 0.0222. The van der Waals surface area contributed by atoms with Gasteiger partial charge in [0.05, 0.1) is 33.8 Å². The van der Waals surface area contributed by atoms with Crippen molar-refractivity contribution >= 4 is 17.6 Å². The number of benzene rings is 2. The van der Waals surface area contributed by atoms with Crippen LogP contribution >= 0.6 is 0 Å². The second kappa shape index (κ2) is 9.82. The highest BCUT2D eigenvalue weighted by Gasteiger charge is 2.35. The van der Waals surface area contributed by atoms with E-state index in [0.29, 0.717) is 40.7 Å². The van der Waals surface area contributed by atoms with Crippen molar-refractivity contribution in [3.05, 3.63) is 77.0 Å². The Bertz CT molecular complexity index is 1200. The molecule has 1 aliphatic rings. The van der Waals surface area contributed by atoms with E-state index < -0.39 is 6.04 Å². The molecule has 0 radical (unpaired) electrons. The van der Waals surface area contributed by atoms with Crippen molar-refractivity contribution < 1.29 is 23.8 Å². The summed E-state index contributed by atoms with van der Waals surface area (Å²) in [7, 11) is 4.59. The molecule has 0 saturated heterocycles. The van der Waals surface area contributed by atoms with E-state index in [1.54, 1.807) is 29.3 Å². The Hall–Kier alpha value is -4.07. The van der Waals surface area contributed by atoms with Crippen LogP contribution in [-0.4, -0.2) is 43.0 Å². The molecule has 8 nitrogen and oxygen atoms in total. The van der Waals surface area contributed by atoms with Crippen LogP contribution in [0.5, 0.6) is 17.2 Å². The van der Waals surface area contributed by atoms with Gasteiger partial charge in [0.1, 0.15) is 5.82 Å². The number of ether oxygens (including phenoxy) is 3. The zero-order chi connectivity index (χ0) is 24.2. The lowest BCUT2D eigenvalue weighted by atomic mass is 10.00. The van der Waals surface area contributed by atoms with Crippen molar-refractivity contribution in [1.82, 2.24) is 9.88 Å². The van der Waals surface area contributed by atoms with E-state index in [1.165, 1.54) is 21.3 Å². The average Bonchev–Trinajstić information content (AvgIpc) is 3.19. The molecule has 8 heteroatoms. The second-order valence-corrected chi connectivity index (χ2v) is 7.99. The fourth-order valence-electron chi connectivity index (χ4n) is 4.21. The highest BCUT2D eigenvalue weighted by molar-refractivity contribution is 5.99. The Balaban J connectivity index is 1.73. The second-order valence-electron chi connectivity index (χ2n) is 7.99. The van der Waals surface area contributed by atoms with Gasteiger partial charge in [0, 0.05) is 18.3 Å². The summed E-state index contributed by atoms with van der Waals surface area (Å²) >= 11 is 0. The highest BCUT2D eigenvalue weighted by atomic mass is 16.5. The number of anilines is 1. The summed E-state index contributed by atoms with van der Waals surface area (Å²) in [5, 5.41) is 2.87. The van der Waals surface area contributed by atoms with Gasteiger partial charge in [-0.2, -0.15) is 0 Å². The van der Waals surface area contributed by atoms with Crippen LogP contribution in [0.4, 0.5) is 5.82 Å². The number of fused-ring (bicyclic) bond motifs is 1. The number of carbonyl (C=O) groups is 2. The molecule has 1 atom stereocenters. The number of pyridine rings is 1. The number of aryl methyl sites for hydroxylation is 1. The number of nitrogens with one attached hydrogen (secondary N) is 1. The molecule has 1 aliphatic heterocycles. The molecule has 0 fully saturated rings. The summed E-state index contributed by atoms with van der Waals surface area (Å²) < 4.78 is 16.5. The number of methoxy groups -OCH3 is 3. The Kier molecular flexibility index (Phi) is 6.67. The van der Waals surface area contributed by atoms with Gasteiger partial charge in [-0.1, -0.05) is 24.3 Å². The van der Waals surface area contributed by atoms with E-state index in [2.05, 4.69) is 10.3 Å². The summed E-state index contributed by atoms with van der Waals surface area (Å²) in [6, 6.07) is 14.1. The molecule has 2 aromatic carbocycles. The van der Waals surface area contributed by atoms with Crippen LogP contribution in [0.25, 0.3) is 0 Å². The molecule has 0 spiro atoms. The summed E-state index contributed by atoms with van der Waals surface area (Å²) in [6.07, 6.45) is 1.65. The molecule has 2 amide bonds. The maximum atomic E-state index is 13.3. The lowest BCUT2D eigenvalue weighted by molar-refractivity contribution is -0.117. The highest BCUT2D eigenvalue weighted by Crippen LogP contribution is 2.43. The molecule has 1 aromatic heterocycles. The predicted molar refractivity (Wildman–Crippen MR) is 127 cm³/mol. The molecule has 1 unspecified atom stereocenters. The van der Waals surface area contributed by atoms with Crippen molar-refractivity contribution in [3.63, 3.8) is 0 Å². The normalized spacial score (nSPS) is 13.3. The SMILES string of the molecule is COc1cc(C(CC(=O)Nc2ncccc2C)N2Cc3ccccc3C2=O)cc(OC)c1OC. The van der Waals surface area contributed by atoms with Gasteiger partial charge in [0.15, 0.2) is 11.5 Å². The minimum atomic E-state index is -0.572. The molecular formula is C26H27N3O5. The van der Waals surface area contributed by atoms with Gasteiger partial charge < -0.3 is 24.4 Å². The number of hydrogen-bond donors (Lipinski definition) is 1. The van der Waals surface area contributed by atoms with Gasteiger partial charge in [-0.3, -0.25) is 9.59 Å². The van der Waals surface area contributed by atoms with E-state index in [4.69, 9.17) is 14.2 Å². The zero-order valence-corrected chi connectivity index (χ0v) is 19.6. The summed E-state index contributed by atoms with van der Waals surface area (Å²) in [6.45, 7) is 2.27. The first-order chi connectivity index (χ1) is 16.5. The van der Waals surface area contributed by atoms with Crippen LogP contribution in [0.15, 0.2) is 54.7 Å². The topological polar surface area (TPSA) is 90.0 Å². The van der Waals surface area contributed by atoms with Crippen LogP contribution < -0.4 is 19.5 Å². The van der Waals surface area contributed by atoms with E-state index in [0.717, 1.165) is 11.1 Å². The van der Waals surface area contributed by atoms with Crippen molar-refractivity contribution in [3.8, 4) is 17.2 Å². The van der Waals surface area contributed by atoms with Gasteiger partial charge in [-0.25, -0.2) is 4.98 Å². The predicted octanol–water partition coefficient (Wildman–Crippen LogP) is 4.14. The first kappa shape index (κ1) is 23.1. The van der Waals surface area contributed by atoms with Crippen LogP contribution in [0.1, 0.15) is 39.5 Å². The number of rotatable bonds is 8. The number of amides is 2. The van der Waals surface area contributed by atoms with Crippen LogP contribution in [-0.2, 0) is 11.3 Å². The number of carbonyl (C=O) groups excluding carboxylic acids is 2. The van der Waals surface area contributed by atoms with Gasteiger partial charge in [-0.15, -0.1) is 0 Å². The van der Waals surface area contributed by atoms with Gasteiger partial charge in [0.25, 0.3) is 5.91 Å². The Labute approximate surface area is 198 Å². The van der Waals surface area contributed by atoms with E-state index in [-0.39, 0.29) is 18.2 Å². The van der Waals surface area contributed by atoms with Crippen LogP contribution in [0.2, 0.25) is 0 Å². The van der Waals surface area contributed by atoms with Gasteiger partial charge in [-0.05, 0) is 47.9 Å². The maximum absolute atomic E-state index is 13.3. The van der Waals surface area contributed by atoms with Gasteiger partial charge in [0.2, 0.25) is 11.7 Å². The van der Waals surface area contributed by atoms with E-state index >= 15 is 0 Å². The molecule has 3 aromatic rings. The van der Waals surface area contributed by atoms with Gasteiger partial charge >= 0.3 is 0 Å².